The number of aromatic nitrogens is 1. The van der Waals surface area contributed by atoms with Crippen molar-refractivity contribution >= 4 is 17.7 Å². The van der Waals surface area contributed by atoms with Crippen molar-refractivity contribution in [3.8, 4) is 0 Å². The van der Waals surface area contributed by atoms with E-state index < -0.39 is 0 Å². The van der Waals surface area contributed by atoms with E-state index >= 15 is 0 Å². The van der Waals surface area contributed by atoms with Crippen LogP contribution in [-0.4, -0.2) is 41.5 Å². The predicted molar refractivity (Wildman–Crippen MR) is 112 cm³/mol. The molecule has 1 aliphatic heterocycles. The van der Waals surface area contributed by atoms with Crippen LogP contribution < -0.4 is 5.32 Å². The summed E-state index contributed by atoms with van der Waals surface area (Å²) in [6.07, 6.45) is 6.10. The van der Waals surface area contributed by atoms with Crippen molar-refractivity contribution < 1.29 is 4.79 Å². The van der Waals surface area contributed by atoms with E-state index in [4.69, 9.17) is 0 Å². The van der Waals surface area contributed by atoms with Crippen molar-refractivity contribution in [2.24, 2.45) is 5.92 Å². The first-order valence-corrected chi connectivity index (χ1v) is 10.7. The first-order chi connectivity index (χ1) is 13.1. The Kier molecular flexibility index (Phi) is 7.30. The normalized spacial score (nSPS) is 17.8. The van der Waals surface area contributed by atoms with Crippen LogP contribution in [0.25, 0.3) is 0 Å². The Morgan fingerprint density at radius 1 is 1.30 bits per heavy atom. The van der Waals surface area contributed by atoms with Crippen LogP contribution in [0.15, 0.2) is 53.7 Å². The molecule has 1 aliphatic rings. The first kappa shape index (κ1) is 19.9. The number of hydrogen-bond donors (Lipinski definition) is 1. The molecule has 2 aromatic rings. The van der Waals surface area contributed by atoms with Crippen molar-refractivity contribution in [1.82, 2.24) is 15.2 Å². The molecular formula is C22H29N3OS. The van der Waals surface area contributed by atoms with Gasteiger partial charge in [-0.05, 0) is 75.0 Å². The summed E-state index contributed by atoms with van der Waals surface area (Å²) in [6.45, 7) is 7.52. The van der Waals surface area contributed by atoms with Gasteiger partial charge in [-0.1, -0.05) is 6.07 Å². The summed E-state index contributed by atoms with van der Waals surface area (Å²) >= 11 is 1.76. The molecule has 27 heavy (non-hydrogen) atoms. The van der Waals surface area contributed by atoms with Gasteiger partial charge >= 0.3 is 0 Å². The Morgan fingerprint density at radius 2 is 2.11 bits per heavy atom. The van der Waals surface area contributed by atoms with Gasteiger partial charge in [0.15, 0.2) is 0 Å². The third kappa shape index (κ3) is 6.08. The minimum atomic E-state index is 0.0282. The quantitative estimate of drug-likeness (QED) is 0.727. The zero-order valence-corrected chi connectivity index (χ0v) is 17.0. The fraction of sp³-hybridized carbons (Fsp3) is 0.455. The zero-order valence-electron chi connectivity index (χ0n) is 16.2. The molecule has 1 N–H and O–H groups in total. The summed E-state index contributed by atoms with van der Waals surface area (Å²) < 4.78 is 0. The largest absolute Gasteiger partial charge is 0.352 e. The number of nitrogens with one attached hydrogen (secondary N) is 1. The van der Waals surface area contributed by atoms with E-state index in [9.17, 15) is 4.79 Å². The predicted octanol–water partition coefficient (Wildman–Crippen LogP) is 4.22. The van der Waals surface area contributed by atoms with Gasteiger partial charge in [-0.3, -0.25) is 9.78 Å². The maximum absolute atomic E-state index is 12.5. The van der Waals surface area contributed by atoms with E-state index in [1.54, 1.807) is 18.0 Å². The highest BCUT2D eigenvalue weighted by molar-refractivity contribution is 7.98. The molecule has 5 heteroatoms. The topological polar surface area (TPSA) is 45.2 Å². The molecule has 4 nitrogen and oxygen atoms in total. The fourth-order valence-electron chi connectivity index (χ4n) is 3.42. The number of thioether (sulfide) groups is 1. The Bertz CT molecular complexity index is 718. The van der Waals surface area contributed by atoms with E-state index in [-0.39, 0.29) is 5.91 Å². The minimum Gasteiger partial charge on any atom is -0.352 e. The molecule has 0 aliphatic carbocycles. The molecule has 1 aromatic carbocycles. The third-order valence-corrected chi connectivity index (χ3v) is 6.16. The summed E-state index contributed by atoms with van der Waals surface area (Å²) in [4.78, 5) is 20.3. The fourth-order valence-corrected chi connectivity index (χ4v) is 4.26. The number of carbonyl (C=O) groups is 1. The molecule has 3 rings (SSSR count). The lowest BCUT2D eigenvalue weighted by Gasteiger charge is -2.35. The average Bonchev–Trinajstić information content (AvgIpc) is 2.72. The summed E-state index contributed by atoms with van der Waals surface area (Å²) in [5.74, 6) is 1.47. The highest BCUT2D eigenvalue weighted by Gasteiger charge is 2.22. The number of pyridine rings is 1. The Hall–Kier alpha value is -1.85. The van der Waals surface area contributed by atoms with Crippen LogP contribution in [-0.2, 0) is 5.75 Å². The number of piperidine rings is 1. The van der Waals surface area contributed by atoms with E-state index in [0.29, 0.717) is 12.0 Å². The van der Waals surface area contributed by atoms with Gasteiger partial charge < -0.3 is 10.2 Å². The van der Waals surface area contributed by atoms with E-state index in [2.05, 4.69) is 35.1 Å². The number of benzene rings is 1. The molecule has 1 atom stereocenters. The molecule has 0 bridgehead atoms. The molecule has 1 saturated heterocycles. The van der Waals surface area contributed by atoms with Crippen molar-refractivity contribution in [1.29, 1.82) is 0 Å². The number of likely N-dealkylation sites (tertiary alicyclic amines) is 1. The van der Waals surface area contributed by atoms with Gasteiger partial charge in [-0.25, -0.2) is 0 Å². The van der Waals surface area contributed by atoms with E-state index in [1.165, 1.54) is 24.9 Å². The standard InChI is InChI=1S/C22H29N3OS/c1-17(2)25-12-4-6-18(15-25)14-24-22(26)20-7-9-21(10-8-20)27-16-19-5-3-11-23-13-19/h3,5,7-11,13,17-18H,4,6,12,14-16H2,1-2H3,(H,24,26). The minimum absolute atomic E-state index is 0.0282. The van der Waals surface area contributed by atoms with Crippen LogP contribution in [0.2, 0.25) is 0 Å². The third-order valence-electron chi connectivity index (χ3n) is 5.08. The second kappa shape index (κ2) is 9.90. The Balaban J connectivity index is 1.46. The highest BCUT2D eigenvalue weighted by Crippen LogP contribution is 2.23. The van der Waals surface area contributed by atoms with Crippen molar-refractivity contribution in [2.75, 3.05) is 19.6 Å². The lowest BCUT2D eigenvalue weighted by Crippen LogP contribution is -2.43. The molecule has 1 unspecified atom stereocenters. The van der Waals surface area contributed by atoms with Crippen LogP contribution in [0.4, 0.5) is 0 Å². The van der Waals surface area contributed by atoms with Gasteiger partial charge in [0.05, 0.1) is 0 Å². The highest BCUT2D eigenvalue weighted by atomic mass is 32.2. The van der Waals surface area contributed by atoms with Gasteiger partial charge in [0.25, 0.3) is 5.91 Å². The second-order valence-corrected chi connectivity index (χ2v) is 8.53. The monoisotopic (exact) mass is 383 g/mol. The average molecular weight is 384 g/mol. The molecule has 0 saturated carbocycles. The molecule has 1 fully saturated rings. The first-order valence-electron chi connectivity index (χ1n) is 9.76. The van der Waals surface area contributed by atoms with Crippen molar-refractivity contribution in [3.63, 3.8) is 0 Å². The van der Waals surface area contributed by atoms with Gasteiger partial charge in [0.1, 0.15) is 0 Å². The molecule has 2 heterocycles. The summed E-state index contributed by atoms with van der Waals surface area (Å²) in [5.41, 5.74) is 1.93. The van der Waals surface area contributed by atoms with Gasteiger partial charge in [-0.2, -0.15) is 0 Å². The van der Waals surface area contributed by atoms with E-state index in [0.717, 1.165) is 29.3 Å². The van der Waals surface area contributed by atoms with Gasteiger partial charge in [0.2, 0.25) is 0 Å². The van der Waals surface area contributed by atoms with Crippen LogP contribution in [0, 0.1) is 5.92 Å². The molecule has 144 valence electrons. The number of rotatable bonds is 7. The molecule has 1 aromatic heterocycles. The van der Waals surface area contributed by atoms with Crippen molar-refractivity contribution in [2.45, 2.75) is 43.4 Å². The molecule has 0 radical (unpaired) electrons. The maximum atomic E-state index is 12.5. The van der Waals surface area contributed by atoms with Crippen LogP contribution in [0.5, 0.6) is 0 Å². The zero-order chi connectivity index (χ0) is 19.1. The molecular weight excluding hydrogens is 354 g/mol. The van der Waals surface area contributed by atoms with Crippen molar-refractivity contribution in [3.05, 3.63) is 59.9 Å². The number of amides is 1. The SMILES string of the molecule is CC(C)N1CCCC(CNC(=O)c2ccc(SCc3cccnc3)cc2)C1. The molecule has 1 amide bonds. The van der Waals surface area contributed by atoms with Gasteiger partial charge in [0, 0.05) is 47.7 Å². The Labute approximate surface area is 166 Å². The maximum Gasteiger partial charge on any atom is 0.251 e. The van der Waals surface area contributed by atoms with E-state index in [1.807, 2.05) is 36.5 Å². The van der Waals surface area contributed by atoms with Gasteiger partial charge in [-0.15, -0.1) is 11.8 Å². The lowest BCUT2D eigenvalue weighted by atomic mass is 9.97. The van der Waals surface area contributed by atoms with Crippen LogP contribution in [0.3, 0.4) is 0 Å². The summed E-state index contributed by atoms with van der Waals surface area (Å²) in [5, 5.41) is 3.12. The van der Waals surface area contributed by atoms with Crippen LogP contribution in [0.1, 0.15) is 42.6 Å². The summed E-state index contributed by atoms with van der Waals surface area (Å²) in [6, 6.07) is 12.5. The van der Waals surface area contributed by atoms with Crippen LogP contribution >= 0.6 is 11.8 Å². The molecule has 0 spiro atoms. The number of hydrogen-bond acceptors (Lipinski definition) is 4. The lowest BCUT2D eigenvalue weighted by molar-refractivity contribution is 0.0922. The summed E-state index contributed by atoms with van der Waals surface area (Å²) in [7, 11) is 0. The second-order valence-electron chi connectivity index (χ2n) is 7.48. The Morgan fingerprint density at radius 3 is 2.81 bits per heavy atom. The number of nitrogens with zero attached hydrogens (tertiary/aromatic N) is 2. The smallest absolute Gasteiger partial charge is 0.251 e. The number of carbonyl (C=O) groups excluding carboxylic acids is 1.